The fourth-order valence-electron chi connectivity index (χ4n) is 1.67. The van der Waals surface area contributed by atoms with E-state index in [1.165, 1.54) is 6.07 Å². The Morgan fingerprint density at radius 3 is 2.50 bits per heavy atom. The molecule has 0 bridgehead atoms. The van der Waals surface area contributed by atoms with Crippen LogP contribution in [0.1, 0.15) is 41.6 Å². The molecule has 0 spiro atoms. The number of nitrogens with two attached hydrogens (primary N) is 1. The van der Waals surface area contributed by atoms with Crippen LogP contribution >= 0.6 is 0 Å². The van der Waals surface area contributed by atoms with E-state index in [2.05, 4.69) is 5.32 Å². The van der Waals surface area contributed by atoms with Crippen LogP contribution in [0.3, 0.4) is 0 Å². The molecule has 0 amide bonds. The van der Waals surface area contributed by atoms with E-state index in [0.717, 1.165) is 0 Å². The lowest BCUT2D eigenvalue weighted by Gasteiger charge is -2.17. The molecule has 0 aromatic heterocycles. The zero-order valence-electron chi connectivity index (χ0n) is 10.9. The molecule has 5 heteroatoms. The van der Waals surface area contributed by atoms with Gasteiger partial charge < -0.3 is 21.3 Å². The minimum atomic E-state index is -1.12. The summed E-state index contributed by atoms with van der Waals surface area (Å²) < 4.78 is 0. The van der Waals surface area contributed by atoms with Gasteiger partial charge in [0.2, 0.25) is 0 Å². The minimum Gasteiger partial charge on any atom is -0.478 e. The number of carbonyl (C=O) groups is 1. The Morgan fingerprint density at radius 1 is 1.44 bits per heavy atom. The van der Waals surface area contributed by atoms with E-state index in [1.807, 2.05) is 13.8 Å². The number of rotatable bonds is 5. The topological polar surface area (TPSA) is 95.6 Å². The zero-order chi connectivity index (χ0) is 13.9. The predicted octanol–water partition coefficient (Wildman–Crippen LogP) is 1.71. The van der Waals surface area contributed by atoms with Crippen LogP contribution < -0.4 is 11.1 Å². The van der Waals surface area contributed by atoms with Crippen LogP contribution in [0.2, 0.25) is 0 Å². The number of nitrogens with one attached hydrogen (secondary N) is 1. The highest BCUT2D eigenvalue weighted by atomic mass is 16.4. The Bertz CT molecular complexity index is 442. The molecule has 100 valence electrons. The molecule has 5 nitrogen and oxygen atoms in total. The molecular formula is C13H20N2O3. The van der Waals surface area contributed by atoms with E-state index < -0.39 is 12.2 Å². The molecule has 1 aromatic rings. The van der Waals surface area contributed by atoms with Crippen molar-refractivity contribution >= 4 is 11.7 Å². The van der Waals surface area contributed by atoms with Crippen LogP contribution in [0.25, 0.3) is 0 Å². The summed E-state index contributed by atoms with van der Waals surface area (Å²) in [5, 5.41) is 21.7. The van der Waals surface area contributed by atoms with Gasteiger partial charge >= 0.3 is 5.97 Å². The summed E-state index contributed by atoms with van der Waals surface area (Å²) >= 11 is 0. The highest BCUT2D eigenvalue weighted by molar-refractivity contribution is 5.91. The number of carboxylic acid groups (broad SMARTS) is 1. The highest BCUT2D eigenvalue weighted by Crippen LogP contribution is 2.25. The van der Waals surface area contributed by atoms with Gasteiger partial charge in [0.05, 0.1) is 5.56 Å². The molecule has 5 N–H and O–H groups in total. The first kappa shape index (κ1) is 14.5. The molecule has 0 fully saturated rings. The normalized spacial score (nSPS) is 12.6. The Labute approximate surface area is 107 Å². The number of anilines is 1. The van der Waals surface area contributed by atoms with Gasteiger partial charge in [-0.05, 0) is 30.5 Å². The third kappa shape index (κ3) is 3.45. The second-order valence-corrected chi connectivity index (χ2v) is 4.78. The molecule has 0 radical (unpaired) electrons. The van der Waals surface area contributed by atoms with Gasteiger partial charge in [0.25, 0.3) is 0 Å². The van der Waals surface area contributed by atoms with E-state index in [-0.39, 0.29) is 5.56 Å². The van der Waals surface area contributed by atoms with Crippen molar-refractivity contribution in [2.24, 2.45) is 11.7 Å². The lowest BCUT2D eigenvalue weighted by molar-refractivity contribution is 0.0696. The van der Waals surface area contributed by atoms with Gasteiger partial charge in [-0.2, -0.15) is 0 Å². The summed E-state index contributed by atoms with van der Waals surface area (Å²) in [6, 6.07) is 3.13. The molecule has 0 heterocycles. The molecule has 1 atom stereocenters. The number of aromatic carboxylic acids is 1. The molecular weight excluding hydrogens is 232 g/mol. The minimum absolute atomic E-state index is 0.214. The van der Waals surface area contributed by atoms with Gasteiger partial charge in [-0.15, -0.1) is 0 Å². The summed E-state index contributed by atoms with van der Waals surface area (Å²) in [5.74, 6) is -0.583. The summed E-state index contributed by atoms with van der Waals surface area (Å²) in [6.07, 6.45) is -1.12. The molecule has 0 aliphatic heterocycles. The Kier molecular flexibility index (Phi) is 4.69. The van der Waals surface area contributed by atoms with Gasteiger partial charge in [0, 0.05) is 17.8 Å². The van der Waals surface area contributed by atoms with E-state index in [4.69, 9.17) is 10.8 Å². The maximum Gasteiger partial charge on any atom is 0.336 e. The van der Waals surface area contributed by atoms with Gasteiger partial charge in [0.15, 0.2) is 0 Å². The quantitative estimate of drug-likeness (QED) is 0.598. The van der Waals surface area contributed by atoms with Gasteiger partial charge in [-0.3, -0.25) is 0 Å². The second kappa shape index (κ2) is 5.84. The van der Waals surface area contributed by atoms with Gasteiger partial charge in [-0.1, -0.05) is 13.8 Å². The Balaban J connectivity index is 3.18. The lowest BCUT2D eigenvalue weighted by Crippen LogP contribution is -2.16. The maximum atomic E-state index is 11.1. The van der Waals surface area contributed by atoms with Crippen LogP contribution in [0.4, 0.5) is 5.69 Å². The number of hydrogen-bond acceptors (Lipinski definition) is 4. The van der Waals surface area contributed by atoms with Gasteiger partial charge in [0.1, 0.15) is 6.23 Å². The molecule has 18 heavy (non-hydrogen) atoms. The number of aliphatic hydroxyl groups is 1. The monoisotopic (exact) mass is 252 g/mol. The summed E-state index contributed by atoms with van der Waals surface area (Å²) in [5.41, 5.74) is 7.36. The number of aryl methyl sites for hydroxylation is 1. The molecule has 0 aliphatic rings. The van der Waals surface area contributed by atoms with Crippen molar-refractivity contribution in [1.82, 2.24) is 0 Å². The first-order chi connectivity index (χ1) is 8.32. The molecule has 1 aromatic carbocycles. The maximum absolute atomic E-state index is 11.1. The Hall–Kier alpha value is -1.59. The predicted molar refractivity (Wildman–Crippen MR) is 70.6 cm³/mol. The van der Waals surface area contributed by atoms with Crippen molar-refractivity contribution in [3.05, 3.63) is 28.8 Å². The summed E-state index contributed by atoms with van der Waals surface area (Å²) in [6.45, 7) is 6.44. The molecule has 0 aliphatic carbocycles. The Morgan fingerprint density at radius 2 is 2.06 bits per heavy atom. The fraction of sp³-hybridized carbons (Fsp3) is 0.462. The molecule has 1 rings (SSSR count). The second-order valence-electron chi connectivity index (χ2n) is 4.78. The van der Waals surface area contributed by atoms with Crippen LogP contribution in [0, 0.1) is 12.8 Å². The summed E-state index contributed by atoms with van der Waals surface area (Å²) in [7, 11) is 0. The van der Waals surface area contributed by atoms with Crippen molar-refractivity contribution in [3.8, 4) is 0 Å². The standard InChI is InChI=1S/C13H20N2O3/c1-7(2)6-15-11-5-9(13(17)18)8(3)4-10(11)12(14)16/h4-5,7,12,15-16H,6,14H2,1-3H3,(H,17,18). The third-order valence-corrected chi connectivity index (χ3v) is 2.65. The molecule has 0 saturated heterocycles. The smallest absolute Gasteiger partial charge is 0.336 e. The fourth-order valence-corrected chi connectivity index (χ4v) is 1.67. The lowest BCUT2D eigenvalue weighted by atomic mass is 10.0. The first-order valence-electron chi connectivity index (χ1n) is 5.88. The third-order valence-electron chi connectivity index (χ3n) is 2.65. The average Bonchev–Trinajstić information content (AvgIpc) is 2.26. The number of benzene rings is 1. The van der Waals surface area contributed by atoms with E-state index >= 15 is 0 Å². The van der Waals surface area contributed by atoms with Crippen LogP contribution in [0.5, 0.6) is 0 Å². The molecule has 0 saturated carbocycles. The SMILES string of the molecule is Cc1cc(C(N)O)c(NCC(C)C)cc1C(=O)O. The number of hydrogen-bond donors (Lipinski definition) is 4. The van der Waals surface area contributed by atoms with E-state index in [9.17, 15) is 9.90 Å². The van der Waals surface area contributed by atoms with Crippen molar-refractivity contribution in [2.75, 3.05) is 11.9 Å². The van der Waals surface area contributed by atoms with Gasteiger partial charge in [-0.25, -0.2) is 4.79 Å². The van der Waals surface area contributed by atoms with Crippen molar-refractivity contribution in [1.29, 1.82) is 0 Å². The van der Waals surface area contributed by atoms with Crippen molar-refractivity contribution in [2.45, 2.75) is 27.0 Å². The van der Waals surface area contributed by atoms with Crippen molar-refractivity contribution in [3.63, 3.8) is 0 Å². The van der Waals surface area contributed by atoms with E-state index in [0.29, 0.717) is 29.3 Å². The van der Waals surface area contributed by atoms with Crippen LogP contribution in [-0.2, 0) is 0 Å². The van der Waals surface area contributed by atoms with Crippen LogP contribution in [-0.4, -0.2) is 22.7 Å². The van der Waals surface area contributed by atoms with Crippen LogP contribution in [0.15, 0.2) is 12.1 Å². The summed E-state index contributed by atoms with van der Waals surface area (Å²) in [4.78, 5) is 11.1. The largest absolute Gasteiger partial charge is 0.478 e. The highest BCUT2D eigenvalue weighted by Gasteiger charge is 2.15. The average molecular weight is 252 g/mol. The number of aliphatic hydroxyl groups excluding tert-OH is 1. The zero-order valence-corrected chi connectivity index (χ0v) is 10.9. The molecule has 1 unspecified atom stereocenters. The van der Waals surface area contributed by atoms with E-state index in [1.54, 1.807) is 13.0 Å². The number of carboxylic acids is 1. The first-order valence-corrected chi connectivity index (χ1v) is 5.88. The van der Waals surface area contributed by atoms with Crippen molar-refractivity contribution < 1.29 is 15.0 Å².